The van der Waals surface area contributed by atoms with Gasteiger partial charge in [-0.15, -0.1) is 0 Å². The smallest absolute Gasteiger partial charge is 0.212 e. The van der Waals surface area contributed by atoms with Crippen molar-refractivity contribution in [2.45, 2.75) is 32.7 Å². The maximum absolute atomic E-state index is 12.1. The Kier molecular flexibility index (Phi) is 5.97. The van der Waals surface area contributed by atoms with Crippen molar-refractivity contribution < 1.29 is 13.5 Å². The second-order valence-electron chi connectivity index (χ2n) is 5.24. The van der Waals surface area contributed by atoms with Crippen LogP contribution in [0.15, 0.2) is 30.3 Å². The minimum atomic E-state index is -3.40. The zero-order valence-electron chi connectivity index (χ0n) is 11.7. The Hall–Kier alpha value is -0.910. The molecule has 2 N–H and O–H groups in total. The molecular formula is C14H23NO3S. The van der Waals surface area contributed by atoms with Gasteiger partial charge in [0.05, 0.1) is 12.4 Å². The molecule has 1 aromatic rings. The first-order valence-corrected chi connectivity index (χ1v) is 8.16. The van der Waals surface area contributed by atoms with E-state index in [9.17, 15) is 13.5 Å². The summed E-state index contributed by atoms with van der Waals surface area (Å²) in [6, 6.07) is 9.13. The third-order valence-electron chi connectivity index (χ3n) is 3.17. The van der Waals surface area contributed by atoms with Gasteiger partial charge in [-0.25, -0.2) is 13.1 Å². The van der Waals surface area contributed by atoms with Crippen LogP contribution in [0, 0.1) is 5.92 Å². The van der Waals surface area contributed by atoms with E-state index in [1.54, 1.807) is 0 Å². The molecule has 0 aliphatic rings. The van der Waals surface area contributed by atoms with Gasteiger partial charge in [0.15, 0.2) is 0 Å². The van der Waals surface area contributed by atoms with Crippen LogP contribution in [0.4, 0.5) is 0 Å². The van der Waals surface area contributed by atoms with Gasteiger partial charge in [-0.05, 0) is 17.4 Å². The van der Waals surface area contributed by atoms with E-state index in [-0.39, 0.29) is 24.2 Å². The van der Waals surface area contributed by atoms with Crippen LogP contribution in [0.25, 0.3) is 0 Å². The fourth-order valence-corrected chi connectivity index (χ4v) is 3.62. The number of aliphatic hydroxyl groups is 1. The first-order valence-electron chi connectivity index (χ1n) is 6.51. The fourth-order valence-electron chi connectivity index (χ4n) is 1.87. The molecule has 2 atom stereocenters. The van der Waals surface area contributed by atoms with Gasteiger partial charge in [-0.1, -0.05) is 51.1 Å². The molecule has 0 aliphatic heterocycles. The lowest BCUT2D eigenvalue weighted by Crippen LogP contribution is -2.42. The molecule has 0 amide bonds. The van der Waals surface area contributed by atoms with Crippen molar-refractivity contribution in [1.29, 1.82) is 0 Å². The highest BCUT2D eigenvalue weighted by Crippen LogP contribution is 2.16. The summed E-state index contributed by atoms with van der Waals surface area (Å²) in [5.41, 5.74) is 0.998. The van der Waals surface area contributed by atoms with E-state index in [2.05, 4.69) is 4.72 Å². The van der Waals surface area contributed by atoms with E-state index in [1.165, 1.54) is 0 Å². The summed E-state index contributed by atoms with van der Waals surface area (Å²) in [5.74, 6) is 0.0114. The fraction of sp³-hybridized carbons (Fsp3) is 0.571. The Morgan fingerprint density at radius 1 is 1.16 bits per heavy atom. The van der Waals surface area contributed by atoms with E-state index >= 15 is 0 Å². The van der Waals surface area contributed by atoms with E-state index in [4.69, 9.17) is 0 Å². The molecule has 1 rings (SSSR count). The SMILES string of the molecule is CC(CS(=O)(=O)NC(CO)C(C)C)c1ccccc1. The monoisotopic (exact) mass is 285 g/mol. The topological polar surface area (TPSA) is 66.4 Å². The predicted octanol–water partition coefficient (Wildman–Crippen LogP) is 1.73. The van der Waals surface area contributed by atoms with Crippen LogP contribution >= 0.6 is 0 Å². The number of nitrogens with one attached hydrogen (secondary N) is 1. The van der Waals surface area contributed by atoms with Crippen molar-refractivity contribution in [3.05, 3.63) is 35.9 Å². The van der Waals surface area contributed by atoms with Crippen LogP contribution in [0.3, 0.4) is 0 Å². The number of hydrogen-bond acceptors (Lipinski definition) is 3. The average Bonchev–Trinajstić information content (AvgIpc) is 2.36. The van der Waals surface area contributed by atoms with Gasteiger partial charge in [-0.2, -0.15) is 0 Å². The average molecular weight is 285 g/mol. The Labute approximate surface area is 115 Å². The molecule has 19 heavy (non-hydrogen) atoms. The minimum absolute atomic E-state index is 0.0280. The second-order valence-corrected chi connectivity index (χ2v) is 7.04. The zero-order chi connectivity index (χ0) is 14.5. The van der Waals surface area contributed by atoms with E-state index in [0.717, 1.165) is 5.56 Å². The van der Waals surface area contributed by atoms with Gasteiger partial charge in [-0.3, -0.25) is 0 Å². The Morgan fingerprint density at radius 3 is 2.21 bits per heavy atom. The molecule has 0 fully saturated rings. The first kappa shape index (κ1) is 16.1. The lowest BCUT2D eigenvalue weighted by molar-refractivity contribution is 0.227. The van der Waals surface area contributed by atoms with Crippen molar-refractivity contribution in [2.24, 2.45) is 5.92 Å². The number of sulfonamides is 1. The van der Waals surface area contributed by atoms with Crippen LogP contribution in [-0.2, 0) is 10.0 Å². The highest BCUT2D eigenvalue weighted by Gasteiger charge is 2.22. The zero-order valence-corrected chi connectivity index (χ0v) is 12.5. The van der Waals surface area contributed by atoms with Crippen molar-refractivity contribution >= 4 is 10.0 Å². The van der Waals surface area contributed by atoms with E-state index in [1.807, 2.05) is 51.1 Å². The summed E-state index contributed by atoms with van der Waals surface area (Å²) in [6.07, 6.45) is 0. The third-order valence-corrected chi connectivity index (χ3v) is 4.77. The third kappa shape index (κ3) is 5.30. The second kappa shape index (κ2) is 7.03. The number of aliphatic hydroxyl groups excluding tert-OH is 1. The van der Waals surface area contributed by atoms with Crippen LogP contribution in [0.1, 0.15) is 32.3 Å². The van der Waals surface area contributed by atoms with E-state index < -0.39 is 16.1 Å². The molecule has 0 bridgehead atoms. The van der Waals surface area contributed by atoms with E-state index in [0.29, 0.717) is 0 Å². The summed E-state index contributed by atoms with van der Waals surface area (Å²) in [5, 5.41) is 9.18. The molecule has 0 radical (unpaired) electrons. The molecule has 0 heterocycles. The Morgan fingerprint density at radius 2 is 1.74 bits per heavy atom. The van der Waals surface area contributed by atoms with Gasteiger partial charge in [0.25, 0.3) is 0 Å². The molecule has 0 saturated carbocycles. The van der Waals surface area contributed by atoms with Crippen molar-refractivity contribution in [3.8, 4) is 0 Å². The molecule has 108 valence electrons. The van der Waals surface area contributed by atoms with Crippen LogP contribution in [0.5, 0.6) is 0 Å². The minimum Gasteiger partial charge on any atom is -0.395 e. The number of hydrogen-bond donors (Lipinski definition) is 2. The lowest BCUT2D eigenvalue weighted by Gasteiger charge is -2.21. The number of benzene rings is 1. The molecule has 4 nitrogen and oxygen atoms in total. The van der Waals surface area contributed by atoms with Crippen molar-refractivity contribution in [3.63, 3.8) is 0 Å². The molecule has 0 aliphatic carbocycles. The molecule has 2 unspecified atom stereocenters. The van der Waals surface area contributed by atoms with Crippen LogP contribution in [0.2, 0.25) is 0 Å². The molecule has 0 saturated heterocycles. The largest absolute Gasteiger partial charge is 0.395 e. The van der Waals surface area contributed by atoms with Crippen LogP contribution < -0.4 is 4.72 Å². The summed E-state index contributed by atoms with van der Waals surface area (Å²) in [7, 11) is -3.40. The normalized spacial score (nSPS) is 15.4. The summed E-state index contributed by atoms with van der Waals surface area (Å²) < 4.78 is 26.7. The summed E-state index contributed by atoms with van der Waals surface area (Å²) in [6.45, 7) is 5.46. The molecule has 5 heteroatoms. The van der Waals surface area contributed by atoms with Gasteiger partial charge >= 0.3 is 0 Å². The number of rotatable bonds is 7. The molecular weight excluding hydrogens is 262 g/mol. The van der Waals surface area contributed by atoms with Crippen LogP contribution in [-0.4, -0.2) is 31.9 Å². The summed E-state index contributed by atoms with van der Waals surface area (Å²) in [4.78, 5) is 0. The molecule has 1 aromatic carbocycles. The maximum Gasteiger partial charge on any atom is 0.212 e. The molecule has 0 spiro atoms. The van der Waals surface area contributed by atoms with Gasteiger partial charge in [0.1, 0.15) is 0 Å². The quantitative estimate of drug-likeness (QED) is 0.801. The highest BCUT2D eigenvalue weighted by atomic mass is 32.2. The lowest BCUT2D eigenvalue weighted by atomic mass is 10.0. The van der Waals surface area contributed by atoms with Gasteiger partial charge < -0.3 is 5.11 Å². The summed E-state index contributed by atoms with van der Waals surface area (Å²) >= 11 is 0. The standard InChI is InChI=1S/C14H23NO3S/c1-11(2)14(9-16)15-19(17,18)10-12(3)13-7-5-4-6-8-13/h4-8,11-12,14-16H,9-10H2,1-3H3. The van der Waals surface area contributed by atoms with Gasteiger partial charge in [0, 0.05) is 6.04 Å². The van der Waals surface area contributed by atoms with Crippen molar-refractivity contribution in [2.75, 3.05) is 12.4 Å². The molecule has 0 aromatic heterocycles. The Balaban J connectivity index is 2.69. The maximum atomic E-state index is 12.1. The predicted molar refractivity (Wildman–Crippen MR) is 77.5 cm³/mol. The Bertz CT molecular complexity index is 471. The highest BCUT2D eigenvalue weighted by molar-refractivity contribution is 7.89. The first-order chi connectivity index (χ1) is 8.85. The van der Waals surface area contributed by atoms with Crippen molar-refractivity contribution in [1.82, 2.24) is 4.72 Å². The van der Waals surface area contributed by atoms with Gasteiger partial charge in [0.2, 0.25) is 10.0 Å².